The molecule has 0 unspecified atom stereocenters. The molecule has 5 heteroatoms. The van der Waals surface area contributed by atoms with Crippen LogP contribution in [0.2, 0.25) is 0 Å². The van der Waals surface area contributed by atoms with Gasteiger partial charge in [-0.2, -0.15) is 0 Å². The molecule has 0 atom stereocenters. The number of carbonyl (C=O) groups excluding carboxylic acids is 2. The minimum absolute atomic E-state index is 0.0370. The van der Waals surface area contributed by atoms with E-state index in [-0.39, 0.29) is 12.5 Å². The second-order valence-corrected chi connectivity index (χ2v) is 5.47. The molecule has 0 aliphatic heterocycles. The van der Waals surface area contributed by atoms with Crippen LogP contribution in [0.15, 0.2) is 48.5 Å². The summed E-state index contributed by atoms with van der Waals surface area (Å²) in [6.45, 7) is 3.97. The molecule has 0 fully saturated rings. The Bertz CT molecular complexity index is 714. The lowest BCUT2D eigenvalue weighted by atomic mass is 10.0. The van der Waals surface area contributed by atoms with Crippen LogP contribution in [0.4, 0.5) is 10.1 Å². The SMILES string of the molecule is CC(C)c1ccccc1NC(=O)C(=O)NCc1ccccc1F. The van der Waals surface area contributed by atoms with E-state index in [4.69, 9.17) is 0 Å². The molecular weight excluding hydrogens is 295 g/mol. The quantitative estimate of drug-likeness (QED) is 0.851. The lowest BCUT2D eigenvalue weighted by Crippen LogP contribution is -2.35. The molecule has 0 aliphatic carbocycles. The van der Waals surface area contributed by atoms with E-state index in [0.717, 1.165) is 5.56 Å². The van der Waals surface area contributed by atoms with Crippen molar-refractivity contribution >= 4 is 17.5 Å². The number of hydrogen-bond acceptors (Lipinski definition) is 2. The molecule has 0 aromatic heterocycles. The maximum atomic E-state index is 13.5. The molecule has 0 saturated carbocycles. The Balaban J connectivity index is 1.98. The van der Waals surface area contributed by atoms with Crippen LogP contribution in [0.1, 0.15) is 30.9 Å². The van der Waals surface area contributed by atoms with Crippen LogP contribution in [-0.4, -0.2) is 11.8 Å². The molecule has 2 rings (SSSR count). The van der Waals surface area contributed by atoms with Crippen LogP contribution < -0.4 is 10.6 Å². The van der Waals surface area contributed by atoms with Gasteiger partial charge in [-0.15, -0.1) is 0 Å². The summed E-state index contributed by atoms with van der Waals surface area (Å²) in [6.07, 6.45) is 0. The third kappa shape index (κ3) is 4.39. The van der Waals surface area contributed by atoms with Gasteiger partial charge >= 0.3 is 11.8 Å². The third-order valence-corrected chi connectivity index (χ3v) is 3.43. The fraction of sp³-hybridized carbons (Fsp3) is 0.222. The largest absolute Gasteiger partial charge is 0.344 e. The van der Waals surface area contributed by atoms with E-state index >= 15 is 0 Å². The average molecular weight is 314 g/mol. The van der Waals surface area contributed by atoms with Gasteiger partial charge in [0, 0.05) is 17.8 Å². The summed E-state index contributed by atoms with van der Waals surface area (Å²) in [5, 5.41) is 5.02. The summed E-state index contributed by atoms with van der Waals surface area (Å²) >= 11 is 0. The Morgan fingerprint density at radius 1 is 1.00 bits per heavy atom. The van der Waals surface area contributed by atoms with Crippen molar-refractivity contribution in [1.29, 1.82) is 0 Å². The van der Waals surface area contributed by atoms with E-state index in [0.29, 0.717) is 11.3 Å². The van der Waals surface area contributed by atoms with E-state index in [9.17, 15) is 14.0 Å². The van der Waals surface area contributed by atoms with Gasteiger partial charge in [-0.25, -0.2) is 4.39 Å². The Morgan fingerprint density at radius 3 is 2.35 bits per heavy atom. The molecule has 0 radical (unpaired) electrons. The number of para-hydroxylation sites is 1. The number of anilines is 1. The zero-order chi connectivity index (χ0) is 16.8. The van der Waals surface area contributed by atoms with Crippen LogP contribution in [0.3, 0.4) is 0 Å². The first-order valence-electron chi connectivity index (χ1n) is 7.40. The fourth-order valence-electron chi connectivity index (χ4n) is 2.19. The van der Waals surface area contributed by atoms with Crippen LogP contribution in [0.5, 0.6) is 0 Å². The number of amides is 2. The van der Waals surface area contributed by atoms with Crippen molar-refractivity contribution in [1.82, 2.24) is 5.32 Å². The summed E-state index contributed by atoms with van der Waals surface area (Å²) in [6, 6.07) is 13.4. The first kappa shape index (κ1) is 16.7. The van der Waals surface area contributed by atoms with Crippen molar-refractivity contribution in [2.24, 2.45) is 0 Å². The number of rotatable bonds is 4. The Kier molecular flexibility index (Phi) is 5.46. The highest BCUT2D eigenvalue weighted by atomic mass is 19.1. The number of nitrogens with one attached hydrogen (secondary N) is 2. The Labute approximate surface area is 134 Å². The van der Waals surface area contributed by atoms with Gasteiger partial charge < -0.3 is 10.6 Å². The molecule has 4 nitrogen and oxygen atoms in total. The van der Waals surface area contributed by atoms with Crippen molar-refractivity contribution in [3.63, 3.8) is 0 Å². The lowest BCUT2D eigenvalue weighted by molar-refractivity contribution is -0.136. The highest BCUT2D eigenvalue weighted by molar-refractivity contribution is 6.39. The topological polar surface area (TPSA) is 58.2 Å². The first-order chi connectivity index (χ1) is 11.0. The molecule has 0 spiro atoms. The highest BCUT2D eigenvalue weighted by Gasteiger charge is 2.16. The number of hydrogen-bond donors (Lipinski definition) is 2. The average Bonchev–Trinajstić information content (AvgIpc) is 2.54. The van der Waals surface area contributed by atoms with Crippen molar-refractivity contribution in [3.8, 4) is 0 Å². The predicted octanol–water partition coefficient (Wildman–Crippen LogP) is 3.20. The molecule has 2 amide bonds. The summed E-state index contributed by atoms with van der Waals surface area (Å²) in [5.74, 6) is -1.77. The van der Waals surface area contributed by atoms with Gasteiger partial charge in [0.25, 0.3) is 0 Å². The molecule has 0 bridgehead atoms. The number of carbonyl (C=O) groups is 2. The van der Waals surface area contributed by atoms with Crippen LogP contribution in [0, 0.1) is 5.82 Å². The maximum Gasteiger partial charge on any atom is 0.313 e. The van der Waals surface area contributed by atoms with E-state index in [1.807, 2.05) is 26.0 Å². The van der Waals surface area contributed by atoms with E-state index in [2.05, 4.69) is 10.6 Å². The van der Waals surface area contributed by atoms with Crippen molar-refractivity contribution in [3.05, 3.63) is 65.5 Å². The monoisotopic (exact) mass is 314 g/mol. The third-order valence-electron chi connectivity index (χ3n) is 3.43. The molecule has 2 aromatic rings. The molecule has 2 N–H and O–H groups in total. The van der Waals surface area contributed by atoms with Crippen LogP contribution in [0.25, 0.3) is 0 Å². The second-order valence-electron chi connectivity index (χ2n) is 5.47. The fourth-order valence-corrected chi connectivity index (χ4v) is 2.19. The van der Waals surface area contributed by atoms with E-state index < -0.39 is 17.6 Å². The second kappa shape index (κ2) is 7.54. The van der Waals surface area contributed by atoms with E-state index in [1.54, 1.807) is 30.3 Å². The van der Waals surface area contributed by atoms with Crippen LogP contribution in [-0.2, 0) is 16.1 Å². The molecule has 23 heavy (non-hydrogen) atoms. The zero-order valence-corrected chi connectivity index (χ0v) is 13.1. The summed E-state index contributed by atoms with van der Waals surface area (Å²) in [7, 11) is 0. The molecule has 0 heterocycles. The predicted molar refractivity (Wildman–Crippen MR) is 87.4 cm³/mol. The maximum absolute atomic E-state index is 13.5. The van der Waals surface area contributed by atoms with Crippen molar-refractivity contribution < 1.29 is 14.0 Å². The van der Waals surface area contributed by atoms with Crippen molar-refractivity contribution in [2.45, 2.75) is 26.3 Å². The number of benzene rings is 2. The van der Waals surface area contributed by atoms with Gasteiger partial charge in [0.2, 0.25) is 0 Å². The molecule has 0 saturated heterocycles. The highest BCUT2D eigenvalue weighted by Crippen LogP contribution is 2.23. The minimum Gasteiger partial charge on any atom is -0.344 e. The van der Waals surface area contributed by atoms with E-state index in [1.165, 1.54) is 6.07 Å². The summed E-state index contributed by atoms with van der Waals surface area (Å²) < 4.78 is 13.5. The van der Waals surface area contributed by atoms with Gasteiger partial charge in [-0.1, -0.05) is 50.2 Å². The first-order valence-corrected chi connectivity index (χ1v) is 7.40. The molecule has 120 valence electrons. The zero-order valence-electron chi connectivity index (χ0n) is 13.1. The van der Waals surface area contributed by atoms with Crippen LogP contribution >= 0.6 is 0 Å². The normalized spacial score (nSPS) is 10.4. The van der Waals surface area contributed by atoms with Gasteiger partial charge in [-0.05, 0) is 23.6 Å². The smallest absolute Gasteiger partial charge is 0.313 e. The van der Waals surface area contributed by atoms with Gasteiger partial charge in [0.05, 0.1) is 0 Å². The van der Waals surface area contributed by atoms with Gasteiger partial charge in [-0.3, -0.25) is 9.59 Å². The summed E-state index contributed by atoms with van der Waals surface area (Å²) in [5.41, 5.74) is 1.88. The molecular formula is C18H19FN2O2. The Morgan fingerprint density at radius 2 is 1.65 bits per heavy atom. The minimum atomic E-state index is -0.799. The lowest BCUT2D eigenvalue weighted by Gasteiger charge is -2.13. The molecule has 2 aromatic carbocycles. The standard InChI is InChI=1S/C18H19FN2O2/c1-12(2)14-8-4-6-10-16(14)21-18(23)17(22)20-11-13-7-3-5-9-15(13)19/h3-10,12H,11H2,1-2H3,(H,20,22)(H,21,23). The van der Waals surface area contributed by atoms with Crippen molar-refractivity contribution in [2.75, 3.05) is 5.32 Å². The van der Waals surface area contributed by atoms with Gasteiger partial charge in [0.15, 0.2) is 0 Å². The molecule has 0 aliphatic rings. The van der Waals surface area contributed by atoms with Gasteiger partial charge in [0.1, 0.15) is 5.82 Å². The number of halogens is 1. The Hall–Kier alpha value is -2.69. The summed E-state index contributed by atoms with van der Waals surface area (Å²) in [4.78, 5) is 23.8.